The number of amides is 4. The van der Waals surface area contributed by atoms with Gasteiger partial charge in [0, 0.05) is 50.2 Å². The third-order valence-corrected chi connectivity index (χ3v) is 22.5. The highest BCUT2D eigenvalue weighted by atomic mass is 19.1. The van der Waals surface area contributed by atoms with Gasteiger partial charge < -0.3 is 40.2 Å². The van der Waals surface area contributed by atoms with Crippen molar-refractivity contribution >= 4 is 41.2 Å². The van der Waals surface area contributed by atoms with Crippen LogP contribution in [0.25, 0.3) is 0 Å². The Labute approximate surface area is 595 Å². The highest BCUT2D eigenvalue weighted by Crippen LogP contribution is 2.67. The maximum absolute atomic E-state index is 14.7. The van der Waals surface area contributed by atoms with Crippen LogP contribution in [-0.2, 0) is 47.2 Å². The van der Waals surface area contributed by atoms with Crippen LogP contribution in [0.3, 0.4) is 0 Å². The van der Waals surface area contributed by atoms with E-state index in [1.54, 1.807) is 36.9 Å². The van der Waals surface area contributed by atoms with Crippen LogP contribution in [0.1, 0.15) is 172 Å². The highest BCUT2D eigenvalue weighted by molar-refractivity contribution is 5.98. The van der Waals surface area contributed by atoms with E-state index in [0.29, 0.717) is 66.9 Å². The molecule has 4 aliphatic rings. The van der Waals surface area contributed by atoms with Crippen molar-refractivity contribution in [3.63, 3.8) is 0 Å². The van der Waals surface area contributed by atoms with Crippen LogP contribution in [0.4, 0.5) is 20.6 Å². The van der Waals surface area contributed by atoms with Crippen LogP contribution in [0.5, 0.6) is 11.5 Å². The summed E-state index contributed by atoms with van der Waals surface area (Å²) < 4.78 is 36.8. The minimum absolute atomic E-state index is 0.0448. The lowest BCUT2D eigenvalue weighted by Crippen LogP contribution is -2.53. The summed E-state index contributed by atoms with van der Waals surface area (Å²) in [5.74, 6) is 2.99. The topological polar surface area (TPSA) is 226 Å². The smallest absolute Gasteiger partial charge is 0.497 e. The molecule has 3 fully saturated rings. The van der Waals surface area contributed by atoms with Crippen LogP contribution in [0, 0.1) is 62.3 Å². The molecule has 538 valence electrons. The van der Waals surface area contributed by atoms with E-state index < -0.39 is 52.2 Å². The molecule has 0 radical (unpaired) electrons. The van der Waals surface area contributed by atoms with Crippen LogP contribution < -0.4 is 36.1 Å². The van der Waals surface area contributed by atoms with Gasteiger partial charge in [0.15, 0.2) is 0 Å². The molecule has 0 unspecified atom stereocenters. The number of non-ortho nitro benzene ring substituents is 1. The first-order chi connectivity index (χ1) is 48.7. The number of allylic oxidation sites excluding steroid dienone is 1. The molecular formula is C83H103FN6O11. The van der Waals surface area contributed by atoms with Crippen molar-refractivity contribution in [2.75, 3.05) is 32.1 Å². The van der Waals surface area contributed by atoms with Crippen molar-refractivity contribution in [3.05, 3.63) is 213 Å². The Hall–Kier alpha value is -8.74. The van der Waals surface area contributed by atoms with Gasteiger partial charge in [-0.2, -0.15) is 0 Å². The molecule has 0 spiro atoms. The molecule has 5 N–H and O–H groups in total. The fourth-order valence-corrected chi connectivity index (χ4v) is 17.1. The Kier molecular flexibility index (Phi) is 26.1. The second-order valence-corrected chi connectivity index (χ2v) is 29.5. The van der Waals surface area contributed by atoms with Gasteiger partial charge in [0.2, 0.25) is 23.6 Å². The molecule has 18 heteroatoms. The maximum Gasteiger partial charge on any atom is 0.514 e. The van der Waals surface area contributed by atoms with Crippen LogP contribution in [0.2, 0.25) is 0 Å². The van der Waals surface area contributed by atoms with Crippen molar-refractivity contribution in [1.29, 1.82) is 0 Å². The second-order valence-electron chi connectivity index (χ2n) is 29.5. The number of rotatable bonds is 34. The fourth-order valence-electron chi connectivity index (χ4n) is 17.1. The molecule has 0 saturated heterocycles. The van der Waals surface area contributed by atoms with Crippen molar-refractivity contribution in [2.45, 2.75) is 181 Å². The molecule has 101 heavy (non-hydrogen) atoms. The van der Waals surface area contributed by atoms with Gasteiger partial charge in [-0.25, -0.2) is 9.18 Å². The SMILES string of the molecule is COc1ccc(C(NCCCC[C@H](NC(=O)[C@H](Cc2ccc(F)cc2)NC(=O)CCC(=O)NCCCO[C@H]2CC[C@@]3(C)C(=CC[C@H]4[C@@H]5CC[C@H]([C@H](C)CCCC(C)C)[C@@]5(C)CC[C@@H]43)C2)C(=O)Nc2ccc(COC(=O)Oc3ccc([N+](=O)[O-])cc3)cc2)(c2ccccc2)c2ccccc2)cc1. The van der Waals surface area contributed by atoms with Crippen molar-refractivity contribution in [3.8, 4) is 11.5 Å². The highest BCUT2D eigenvalue weighted by Gasteiger charge is 2.59. The Morgan fingerprint density at radius 1 is 0.653 bits per heavy atom. The number of carbonyl (C=O) groups is 5. The zero-order valence-corrected chi connectivity index (χ0v) is 59.7. The number of unbranched alkanes of at least 4 members (excludes halogenated alkanes) is 1. The second kappa shape index (κ2) is 35.2. The van der Waals surface area contributed by atoms with Crippen molar-refractivity contribution < 1.29 is 52.2 Å². The van der Waals surface area contributed by atoms with Gasteiger partial charge in [0.1, 0.15) is 36.0 Å². The monoisotopic (exact) mass is 1380 g/mol. The Bertz CT molecular complexity index is 3710. The molecule has 6 aromatic carbocycles. The average Bonchev–Trinajstić information content (AvgIpc) is 1.69. The number of fused-ring (bicyclic) bond motifs is 5. The molecule has 0 aliphatic heterocycles. The lowest BCUT2D eigenvalue weighted by Gasteiger charge is -2.58. The van der Waals surface area contributed by atoms with Crippen molar-refractivity contribution in [2.24, 2.45) is 46.3 Å². The third-order valence-electron chi connectivity index (χ3n) is 22.5. The van der Waals surface area contributed by atoms with Crippen molar-refractivity contribution in [1.82, 2.24) is 21.3 Å². The molecular weight excluding hydrogens is 1280 g/mol. The molecule has 4 aliphatic carbocycles. The first-order valence-corrected chi connectivity index (χ1v) is 36.7. The summed E-state index contributed by atoms with van der Waals surface area (Å²) in [6.45, 7) is 13.6. The molecule has 6 aromatic rings. The molecule has 3 saturated carbocycles. The summed E-state index contributed by atoms with van der Waals surface area (Å²) in [5, 5.41) is 26.6. The Morgan fingerprint density at radius 3 is 1.99 bits per heavy atom. The van der Waals surface area contributed by atoms with E-state index in [1.807, 2.05) is 60.7 Å². The summed E-state index contributed by atoms with van der Waals surface area (Å²) in [6.07, 6.45) is 17.0. The number of hydrogen-bond acceptors (Lipinski definition) is 12. The van der Waals surface area contributed by atoms with Gasteiger partial charge in [-0.15, -0.1) is 0 Å². The maximum atomic E-state index is 14.7. The minimum Gasteiger partial charge on any atom is -0.497 e. The summed E-state index contributed by atoms with van der Waals surface area (Å²) in [7, 11) is 1.63. The van der Waals surface area contributed by atoms with E-state index in [2.05, 4.69) is 91.5 Å². The number of benzene rings is 6. The first-order valence-electron chi connectivity index (χ1n) is 36.7. The average molecular weight is 1380 g/mol. The number of nitro groups is 1. The van der Waals surface area contributed by atoms with E-state index in [0.717, 1.165) is 71.5 Å². The summed E-state index contributed by atoms with van der Waals surface area (Å²) in [6, 6.07) is 43.0. The van der Waals surface area contributed by atoms with Crippen LogP contribution >= 0.6 is 0 Å². The number of ether oxygens (including phenoxy) is 4. The van der Waals surface area contributed by atoms with Gasteiger partial charge >= 0.3 is 6.16 Å². The molecule has 10 rings (SSSR count). The van der Waals surface area contributed by atoms with Gasteiger partial charge in [0.25, 0.3) is 5.69 Å². The lowest BCUT2D eigenvalue weighted by molar-refractivity contribution is -0.384. The predicted octanol–water partition coefficient (Wildman–Crippen LogP) is 16.1. The number of nitrogens with one attached hydrogen (secondary N) is 5. The van der Waals surface area contributed by atoms with E-state index in [9.17, 15) is 38.5 Å². The molecule has 0 bridgehead atoms. The Morgan fingerprint density at radius 2 is 1.32 bits per heavy atom. The zero-order chi connectivity index (χ0) is 71.5. The van der Waals surface area contributed by atoms with Crippen LogP contribution in [0.15, 0.2) is 169 Å². The molecule has 0 aromatic heterocycles. The number of halogens is 1. The largest absolute Gasteiger partial charge is 0.514 e. The number of carbonyl (C=O) groups excluding carboxylic acids is 5. The van der Waals surface area contributed by atoms with Gasteiger partial charge in [0.05, 0.1) is 23.7 Å². The number of nitrogens with zero attached hydrogens (tertiary/aromatic N) is 1. The van der Waals surface area contributed by atoms with E-state index in [1.165, 1.54) is 99.9 Å². The molecule has 17 nitrogen and oxygen atoms in total. The van der Waals surface area contributed by atoms with E-state index in [-0.39, 0.29) is 61.2 Å². The first kappa shape index (κ1) is 74.9. The zero-order valence-electron chi connectivity index (χ0n) is 59.7. The van der Waals surface area contributed by atoms with E-state index >= 15 is 0 Å². The van der Waals surface area contributed by atoms with Gasteiger partial charge in [-0.1, -0.05) is 163 Å². The summed E-state index contributed by atoms with van der Waals surface area (Å²) in [5.41, 5.74) is 5.80. The van der Waals surface area contributed by atoms with Gasteiger partial charge in [-0.3, -0.25) is 34.6 Å². The van der Waals surface area contributed by atoms with Gasteiger partial charge in [-0.05, 0) is 206 Å². The Balaban J connectivity index is 0.742. The quantitative estimate of drug-likeness (QED) is 0.00484. The summed E-state index contributed by atoms with van der Waals surface area (Å²) >= 11 is 0. The third kappa shape index (κ3) is 19.3. The number of anilines is 1. The number of hydrogen-bond donors (Lipinski definition) is 5. The normalized spacial score (nSPS) is 21.6. The number of methoxy groups -OCH3 is 1. The fraction of sp³-hybridized carbons (Fsp3) is 0.482. The molecule has 10 atom stereocenters. The van der Waals surface area contributed by atoms with Crippen LogP contribution in [-0.4, -0.2) is 79.7 Å². The lowest BCUT2D eigenvalue weighted by atomic mass is 9.47. The minimum atomic E-state index is -1.22. The van der Waals surface area contributed by atoms with E-state index in [4.69, 9.17) is 18.9 Å². The molecule has 0 heterocycles. The standard InChI is InChI=1S/C83H103FN6O11/c1-56(2)17-15-18-57(3)71-42-43-72-70-41-30-63-54-69(46-48-81(63,4)73(70)47-49-82(71,72)5)99-52-16-50-85-76(91)44-45-77(92)88-75(53-58-24-31-64(84)32-25-58)79(94)89-74(78(93)87-65-33-26-59(27-34-65)55-100-80(95)101-68-39-35-66(36-40-68)90(96)97)23-13-14-51-86-83(60-19-9-7-10-20-60,61-21-11-8-12-22-61)62-28-37-67(98-6)38-29-62/h7-12,19-22,24-40,56-57,69-75,86H,13-18,23,41-55H2,1-6H3,(H,85,91)(H,87,93)(H,88,92)(H,89,94)/t57-,69+,70+,71-,72+,73+,74+,75+,81+,82-/m1/s1. The molecule has 4 amide bonds. The predicted molar refractivity (Wildman–Crippen MR) is 390 cm³/mol. The number of nitro benzene ring substituents is 1. The summed E-state index contributed by atoms with van der Waals surface area (Å²) in [4.78, 5) is 79.5.